The van der Waals surface area contributed by atoms with Gasteiger partial charge in [-0.15, -0.1) is 0 Å². The summed E-state index contributed by atoms with van der Waals surface area (Å²) in [5.74, 6) is 1.75. The molecule has 0 spiro atoms. The van der Waals surface area contributed by atoms with Crippen LogP contribution < -0.4 is 9.47 Å². The van der Waals surface area contributed by atoms with Crippen molar-refractivity contribution in [2.24, 2.45) is 27.0 Å². The molecule has 2 bridgehead atoms. The van der Waals surface area contributed by atoms with Crippen LogP contribution in [0.5, 0.6) is 11.5 Å². The topological polar surface area (TPSA) is 72.7 Å². The first-order valence-corrected chi connectivity index (χ1v) is 12.0. The van der Waals surface area contributed by atoms with Crippen molar-refractivity contribution in [3.05, 3.63) is 23.8 Å². The zero-order chi connectivity index (χ0) is 23.8. The van der Waals surface area contributed by atoms with Gasteiger partial charge in [-0.05, 0) is 68.2 Å². The Morgan fingerprint density at radius 2 is 1.94 bits per heavy atom. The maximum atomic E-state index is 12.6. The minimum absolute atomic E-state index is 0.0300. The molecular formula is C26H37N3O4. The molecule has 0 N–H and O–H groups in total. The molecule has 4 rings (SSSR count). The second-order valence-corrected chi connectivity index (χ2v) is 10.5. The fourth-order valence-electron chi connectivity index (χ4n) is 5.74. The Bertz CT molecular complexity index is 947. The lowest BCUT2D eigenvalue weighted by Gasteiger charge is -2.35. The van der Waals surface area contributed by atoms with Crippen LogP contribution in [0.15, 0.2) is 28.4 Å². The molecule has 0 aromatic heterocycles. The molecule has 1 saturated heterocycles. The van der Waals surface area contributed by atoms with E-state index in [2.05, 4.69) is 31.0 Å². The largest absolute Gasteiger partial charge is 0.493 e. The monoisotopic (exact) mass is 455 g/mol. The number of benzene rings is 1. The smallest absolute Gasteiger partial charge is 0.260 e. The van der Waals surface area contributed by atoms with E-state index >= 15 is 0 Å². The van der Waals surface area contributed by atoms with Gasteiger partial charge in [0.2, 0.25) is 0 Å². The van der Waals surface area contributed by atoms with E-state index in [0.29, 0.717) is 30.5 Å². The molecule has 2 saturated carbocycles. The summed E-state index contributed by atoms with van der Waals surface area (Å²) in [5, 5.41) is 9.03. The van der Waals surface area contributed by atoms with Gasteiger partial charge in [0.05, 0.1) is 25.5 Å². The molecule has 1 aromatic carbocycles. The Kier molecular flexibility index (Phi) is 6.54. The number of rotatable bonds is 6. The summed E-state index contributed by atoms with van der Waals surface area (Å²) >= 11 is 0. The van der Waals surface area contributed by atoms with E-state index in [4.69, 9.17) is 14.2 Å². The quantitative estimate of drug-likeness (QED) is 0.473. The number of methoxy groups -OCH3 is 1. The molecule has 0 radical (unpaired) electrons. The molecule has 1 aromatic rings. The molecule has 3 fully saturated rings. The van der Waals surface area contributed by atoms with Gasteiger partial charge in [0, 0.05) is 24.2 Å². The maximum absolute atomic E-state index is 12.6. The van der Waals surface area contributed by atoms with E-state index in [1.54, 1.807) is 18.2 Å². The van der Waals surface area contributed by atoms with E-state index < -0.39 is 0 Å². The Morgan fingerprint density at radius 1 is 1.21 bits per heavy atom. The van der Waals surface area contributed by atoms with Gasteiger partial charge in [-0.25, -0.2) is 0 Å². The van der Waals surface area contributed by atoms with Gasteiger partial charge >= 0.3 is 0 Å². The fourth-order valence-corrected chi connectivity index (χ4v) is 5.74. The van der Waals surface area contributed by atoms with Crippen LogP contribution in [0.2, 0.25) is 0 Å². The van der Waals surface area contributed by atoms with Crippen molar-refractivity contribution in [1.29, 1.82) is 0 Å². The van der Waals surface area contributed by atoms with Gasteiger partial charge in [0.25, 0.3) is 5.91 Å². The molecular weight excluding hydrogens is 418 g/mol. The van der Waals surface area contributed by atoms with Crippen molar-refractivity contribution in [3.63, 3.8) is 0 Å². The average molecular weight is 456 g/mol. The number of hydrogen-bond donors (Lipinski definition) is 0. The molecule has 1 amide bonds. The van der Waals surface area contributed by atoms with Gasteiger partial charge in [-0.1, -0.05) is 20.8 Å². The lowest BCUT2D eigenvalue weighted by atomic mass is 9.70. The standard InChI is InChI=1S/C26H37N3O4/c1-17-14-29(15-18(2)33-17)24(30)16-32-21-8-7-19(11-22(21)31-6)13-27-28-23-12-20-9-10-26(23,5)25(20,3)4/h7-8,11,13,17-18,20H,9-10,12,14-16H2,1-6H3/b27-13-,28-23+/t17-,18-,20-,26-/m1/s1. The Labute approximate surface area is 197 Å². The predicted molar refractivity (Wildman–Crippen MR) is 129 cm³/mol. The molecule has 0 unspecified atom stereocenters. The number of morpholine rings is 1. The van der Waals surface area contributed by atoms with Crippen molar-refractivity contribution < 1.29 is 19.0 Å². The van der Waals surface area contributed by atoms with Gasteiger partial charge < -0.3 is 19.1 Å². The van der Waals surface area contributed by atoms with Crippen molar-refractivity contribution >= 4 is 17.8 Å². The van der Waals surface area contributed by atoms with Crippen LogP contribution >= 0.6 is 0 Å². The van der Waals surface area contributed by atoms with Crippen LogP contribution in [0.3, 0.4) is 0 Å². The third-order valence-corrected chi connectivity index (χ3v) is 8.21. The number of nitrogens with zero attached hydrogens (tertiary/aromatic N) is 3. The van der Waals surface area contributed by atoms with Gasteiger partial charge in [-0.2, -0.15) is 10.2 Å². The number of carbonyl (C=O) groups is 1. The van der Waals surface area contributed by atoms with Gasteiger partial charge in [0.15, 0.2) is 18.1 Å². The number of ether oxygens (including phenoxy) is 3. The summed E-state index contributed by atoms with van der Waals surface area (Å²) in [5.41, 5.74) is 2.53. The number of carbonyl (C=O) groups excluding carboxylic acids is 1. The lowest BCUT2D eigenvalue weighted by molar-refractivity contribution is -0.145. The summed E-state index contributed by atoms with van der Waals surface area (Å²) in [6.45, 7) is 12.1. The summed E-state index contributed by atoms with van der Waals surface area (Å²) in [6.07, 6.45) is 5.34. The maximum Gasteiger partial charge on any atom is 0.260 e. The first kappa shape index (κ1) is 23.7. The molecule has 7 nitrogen and oxygen atoms in total. The second-order valence-electron chi connectivity index (χ2n) is 10.5. The van der Waals surface area contributed by atoms with Crippen molar-refractivity contribution in [3.8, 4) is 11.5 Å². The molecule has 180 valence electrons. The molecule has 3 aliphatic rings. The van der Waals surface area contributed by atoms with Crippen LogP contribution in [0.1, 0.15) is 59.4 Å². The SMILES string of the molecule is COc1cc(/C=N\N=C2/C[C@H]3CC[C@@]2(C)C3(C)C)ccc1OCC(=O)N1C[C@@H](C)O[C@H](C)C1. The van der Waals surface area contributed by atoms with E-state index in [0.717, 1.165) is 12.0 Å². The van der Waals surface area contributed by atoms with E-state index in [-0.39, 0.29) is 35.6 Å². The first-order chi connectivity index (χ1) is 15.6. The second kappa shape index (κ2) is 9.09. The van der Waals surface area contributed by atoms with Crippen molar-refractivity contribution in [2.75, 3.05) is 26.8 Å². The van der Waals surface area contributed by atoms with Gasteiger partial charge in [-0.3, -0.25) is 4.79 Å². The zero-order valence-electron chi connectivity index (χ0n) is 20.8. The highest BCUT2D eigenvalue weighted by Gasteiger charge is 2.60. The summed E-state index contributed by atoms with van der Waals surface area (Å²) < 4.78 is 17.0. The highest BCUT2D eigenvalue weighted by atomic mass is 16.5. The summed E-state index contributed by atoms with van der Waals surface area (Å²) in [4.78, 5) is 14.4. The molecule has 2 aliphatic carbocycles. The van der Waals surface area contributed by atoms with Crippen molar-refractivity contribution in [1.82, 2.24) is 4.90 Å². The molecule has 7 heteroatoms. The van der Waals surface area contributed by atoms with E-state index in [1.165, 1.54) is 18.6 Å². The first-order valence-electron chi connectivity index (χ1n) is 12.0. The fraction of sp³-hybridized carbons (Fsp3) is 0.654. The Balaban J connectivity index is 1.39. The number of hydrogen-bond acceptors (Lipinski definition) is 6. The van der Waals surface area contributed by atoms with Crippen LogP contribution in [-0.4, -0.2) is 61.7 Å². The lowest BCUT2D eigenvalue weighted by Crippen LogP contribution is -2.49. The normalized spacial score (nSPS) is 32.0. The Morgan fingerprint density at radius 3 is 2.55 bits per heavy atom. The van der Waals surface area contributed by atoms with Crippen LogP contribution in [0, 0.1) is 16.7 Å². The number of amides is 1. The van der Waals surface area contributed by atoms with Crippen LogP contribution in [0.25, 0.3) is 0 Å². The minimum atomic E-state index is -0.0530. The minimum Gasteiger partial charge on any atom is -0.493 e. The van der Waals surface area contributed by atoms with E-state index in [9.17, 15) is 4.79 Å². The molecule has 1 heterocycles. The highest BCUT2D eigenvalue weighted by Crippen LogP contribution is 2.64. The summed E-state index contributed by atoms with van der Waals surface area (Å²) in [6, 6.07) is 5.57. The van der Waals surface area contributed by atoms with Crippen LogP contribution in [0.4, 0.5) is 0 Å². The summed E-state index contributed by atoms with van der Waals surface area (Å²) in [7, 11) is 1.59. The predicted octanol–water partition coefficient (Wildman–Crippen LogP) is 4.33. The highest BCUT2D eigenvalue weighted by molar-refractivity contribution is 5.94. The molecule has 33 heavy (non-hydrogen) atoms. The third-order valence-electron chi connectivity index (χ3n) is 8.21. The molecule has 1 aliphatic heterocycles. The van der Waals surface area contributed by atoms with Crippen LogP contribution in [-0.2, 0) is 9.53 Å². The van der Waals surface area contributed by atoms with Gasteiger partial charge in [0.1, 0.15) is 0 Å². The molecule has 4 atom stereocenters. The third kappa shape index (κ3) is 4.52. The average Bonchev–Trinajstić information content (AvgIpc) is 3.10. The Hall–Kier alpha value is -2.41. The van der Waals surface area contributed by atoms with E-state index in [1.807, 2.05) is 32.0 Å². The van der Waals surface area contributed by atoms with Crippen molar-refractivity contribution in [2.45, 2.75) is 66.1 Å². The zero-order valence-corrected chi connectivity index (χ0v) is 20.8. The number of fused-ring (bicyclic) bond motifs is 2.